The predicted octanol–water partition coefficient (Wildman–Crippen LogP) is 5.57. The van der Waals surface area contributed by atoms with Gasteiger partial charge in [-0.25, -0.2) is 9.59 Å². The van der Waals surface area contributed by atoms with E-state index in [1.54, 1.807) is 9.80 Å². The molecule has 0 unspecified atom stereocenters. The Morgan fingerprint density at radius 1 is 1.02 bits per heavy atom. The van der Waals surface area contributed by atoms with Crippen LogP contribution in [0.25, 0.3) is 0 Å². The molecule has 230 valence electrons. The quantitative estimate of drug-likeness (QED) is 0.178. The second-order valence-corrected chi connectivity index (χ2v) is 12.0. The van der Waals surface area contributed by atoms with E-state index in [2.05, 4.69) is 18.9 Å². The topological polar surface area (TPSA) is 88.6 Å². The first-order valence-corrected chi connectivity index (χ1v) is 15.4. The predicted molar refractivity (Wildman–Crippen MR) is 159 cm³/mol. The largest absolute Gasteiger partial charge is 0.457 e. The number of cyclic esters (lactones) is 1. The molecule has 0 aromatic carbocycles. The Bertz CT molecular complexity index is 955. The molecule has 0 saturated carbocycles. The van der Waals surface area contributed by atoms with Crippen molar-refractivity contribution in [2.75, 3.05) is 46.4 Å². The minimum Gasteiger partial charge on any atom is -0.457 e. The second kappa shape index (κ2) is 16.6. The zero-order valence-electron chi connectivity index (χ0n) is 25.8. The summed E-state index contributed by atoms with van der Waals surface area (Å²) in [6.45, 7) is 12.2. The van der Waals surface area contributed by atoms with E-state index in [0.29, 0.717) is 26.1 Å². The van der Waals surface area contributed by atoms with Crippen LogP contribution in [0.5, 0.6) is 0 Å². The lowest BCUT2D eigenvalue weighted by Crippen LogP contribution is -2.47. The number of amides is 2. The minimum atomic E-state index is -0.429. The number of likely N-dealkylation sites (N-methyl/N-ethyl adjacent to an activating group) is 1. The van der Waals surface area contributed by atoms with Gasteiger partial charge in [-0.3, -0.25) is 4.79 Å². The summed E-state index contributed by atoms with van der Waals surface area (Å²) in [5, 5.41) is 0. The van der Waals surface area contributed by atoms with E-state index < -0.39 is 6.10 Å². The van der Waals surface area contributed by atoms with Crippen LogP contribution in [0.1, 0.15) is 72.6 Å². The molecule has 5 atom stereocenters. The maximum Gasteiger partial charge on any atom is 0.410 e. The second-order valence-electron chi connectivity index (χ2n) is 12.0. The number of carbonyl (C=O) groups is 3. The number of rotatable bonds is 6. The maximum absolute atomic E-state index is 12.8. The first-order chi connectivity index (χ1) is 19.6. The molecule has 3 heterocycles. The third kappa shape index (κ3) is 10.8. The molecule has 0 aliphatic carbocycles. The summed E-state index contributed by atoms with van der Waals surface area (Å²) in [6, 6.07) is 0.239. The lowest BCUT2D eigenvalue weighted by atomic mass is 9.95. The standard InChI is InChI=1S/C32H51N3O6/c1-24(23-39-32(38)35-18-10-13-27(35)4)11-9-12-25(2)30-26(3)16-17-28(14-7-6-8-15-29(36)41-30)40-31(37)34-21-19-33(5)20-22-34/h9,11-12,16-17,24,26-28,30H,6-8,10,13-15,18-23H2,1-5H3/b11-9+,17-16+,25-12+/t24-,26+,27+,28+,30-/m1/s1. The number of likely N-dealkylation sites (tertiary alicyclic amines) is 1. The van der Waals surface area contributed by atoms with Gasteiger partial charge in [-0.1, -0.05) is 44.6 Å². The molecule has 0 aromatic heterocycles. The van der Waals surface area contributed by atoms with Crippen molar-refractivity contribution in [3.8, 4) is 0 Å². The fourth-order valence-corrected chi connectivity index (χ4v) is 5.43. The van der Waals surface area contributed by atoms with Gasteiger partial charge in [0.25, 0.3) is 0 Å². The smallest absolute Gasteiger partial charge is 0.410 e. The van der Waals surface area contributed by atoms with E-state index >= 15 is 0 Å². The van der Waals surface area contributed by atoms with Gasteiger partial charge in [-0.05, 0) is 64.6 Å². The van der Waals surface area contributed by atoms with Crippen molar-refractivity contribution in [1.82, 2.24) is 14.7 Å². The highest BCUT2D eigenvalue weighted by molar-refractivity contribution is 5.70. The van der Waals surface area contributed by atoms with Crippen molar-refractivity contribution in [3.63, 3.8) is 0 Å². The van der Waals surface area contributed by atoms with Gasteiger partial charge >= 0.3 is 18.2 Å². The van der Waals surface area contributed by atoms with E-state index in [1.807, 2.05) is 51.2 Å². The number of esters is 1. The first-order valence-electron chi connectivity index (χ1n) is 15.4. The molecular formula is C32H51N3O6. The Labute approximate surface area is 246 Å². The minimum absolute atomic E-state index is 0.0489. The molecule has 0 radical (unpaired) electrons. The fourth-order valence-electron chi connectivity index (χ4n) is 5.43. The van der Waals surface area contributed by atoms with Gasteiger partial charge in [-0.2, -0.15) is 0 Å². The van der Waals surface area contributed by atoms with Crippen LogP contribution in [0.4, 0.5) is 9.59 Å². The molecule has 9 nitrogen and oxygen atoms in total. The molecule has 0 aromatic rings. The normalized spacial score (nSPS) is 28.9. The van der Waals surface area contributed by atoms with Gasteiger partial charge in [-0.15, -0.1) is 0 Å². The Morgan fingerprint density at radius 2 is 1.78 bits per heavy atom. The lowest BCUT2D eigenvalue weighted by Gasteiger charge is -2.32. The number of allylic oxidation sites excluding steroid dienone is 2. The summed E-state index contributed by atoms with van der Waals surface area (Å²) >= 11 is 0. The molecule has 41 heavy (non-hydrogen) atoms. The third-order valence-electron chi connectivity index (χ3n) is 8.25. The first kappa shape index (κ1) is 32.7. The molecule has 3 aliphatic rings. The number of ether oxygens (including phenoxy) is 3. The van der Waals surface area contributed by atoms with Crippen LogP contribution in [0, 0.1) is 11.8 Å². The summed E-state index contributed by atoms with van der Waals surface area (Å²) < 4.78 is 17.4. The average Bonchev–Trinajstić information content (AvgIpc) is 3.38. The van der Waals surface area contributed by atoms with Crippen LogP contribution in [0.15, 0.2) is 36.0 Å². The van der Waals surface area contributed by atoms with Gasteiger partial charge in [0.1, 0.15) is 12.2 Å². The van der Waals surface area contributed by atoms with E-state index in [4.69, 9.17) is 14.2 Å². The summed E-state index contributed by atoms with van der Waals surface area (Å²) in [6.07, 6.45) is 14.3. The van der Waals surface area contributed by atoms with Crippen molar-refractivity contribution in [3.05, 3.63) is 36.0 Å². The Kier molecular flexibility index (Phi) is 13.2. The van der Waals surface area contributed by atoms with Crippen molar-refractivity contribution in [2.24, 2.45) is 11.8 Å². The van der Waals surface area contributed by atoms with Gasteiger partial charge in [0.05, 0.1) is 6.61 Å². The van der Waals surface area contributed by atoms with Crippen LogP contribution in [0.3, 0.4) is 0 Å². The molecule has 2 fully saturated rings. The fraction of sp³-hybridized carbons (Fsp3) is 0.719. The molecule has 3 aliphatic heterocycles. The highest BCUT2D eigenvalue weighted by atomic mass is 16.6. The van der Waals surface area contributed by atoms with E-state index in [-0.39, 0.29) is 42.1 Å². The Morgan fingerprint density at radius 3 is 2.49 bits per heavy atom. The zero-order valence-corrected chi connectivity index (χ0v) is 25.8. The lowest BCUT2D eigenvalue weighted by molar-refractivity contribution is -0.148. The summed E-state index contributed by atoms with van der Waals surface area (Å²) in [4.78, 5) is 43.5. The Balaban J connectivity index is 1.59. The SMILES string of the molecule is C/C(=C\C=C\[C@@H](C)COC(=O)N1CCC[C@@H]1C)[C@H]1OC(=O)CCCCC[C@H](OC(=O)N2CCN(C)CC2)/C=C/[C@@H]1C. The van der Waals surface area contributed by atoms with Crippen LogP contribution in [-0.2, 0) is 19.0 Å². The molecule has 0 spiro atoms. The molecule has 9 heteroatoms. The highest BCUT2D eigenvalue weighted by Gasteiger charge is 2.27. The van der Waals surface area contributed by atoms with Gasteiger partial charge in [0, 0.05) is 57.0 Å². The van der Waals surface area contributed by atoms with E-state index in [9.17, 15) is 14.4 Å². The van der Waals surface area contributed by atoms with Crippen molar-refractivity contribution in [1.29, 1.82) is 0 Å². The van der Waals surface area contributed by atoms with Crippen molar-refractivity contribution >= 4 is 18.2 Å². The van der Waals surface area contributed by atoms with Crippen LogP contribution in [-0.4, -0.2) is 97.5 Å². The number of carbonyl (C=O) groups excluding carboxylic acids is 3. The van der Waals surface area contributed by atoms with Crippen molar-refractivity contribution < 1.29 is 28.6 Å². The molecule has 2 amide bonds. The summed E-state index contributed by atoms with van der Waals surface area (Å²) in [5.74, 6) is -0.247. The molecule has 2 saturated heterocycles. The van der Waals surface area contributed by atoms with Gasteiger partial charge in [0.15, 0.2) is 0 Å². The molecular weight excluding hydrogens is 522 g/mol. The van der Waals surface area contributed by atoms with E-state index in [0.717, 1.165) is 63.7 Å². The average molecular weight is 574 g/mol. The van der Waals surface area contributed by atoms with E-state index in [1.165, 1.54) is 0 Å². The third-order valence-corrected chi connectivity index (χ3v) is 8.25. The molecule has 0 N–H and O–H groups in total. The maximum atomic E-state index is 12.8. The Hall–Kier alpha value is -2.81. The highest BCUT2D eigenvalue weighted by Crippen LogP contribution is 2.23. The number of piperazine rings is 1. The van der Waals surface area contributed by atoms with Gasteiger partial charge < -0.3 is 28.9 Å². The zero-order chi connectivity index (χ0) is 29.8. The van der Waals surface area contributed by atoms with Gasteiger partial charge in [0.2, 0.25) is 0 Å². The summed E-state index contributed by atoms with van der Waals surface area (Å²) in [5.41, 5.74) is 0.921. The molecule has 0 bridgehead atoms. The van der Waals surface area contributed by atoms with Crippen LogP contribution < -0.4 is 0 Å². The summed E-state index contributed by atoms with van der Waals surface area (Å²) in [7, 11) is 2.06. The number of nitrogens with zero attached hydrogens (tertiary/aromatic N) is 3. The van der Waals surface area contributed by atoms with Crippen LogP contribution >= 0.6 is 0 Å². The van der Waals surface area contributed by atoms with Crippen LogP contribution in [0.2, 0.25) is 0 Å². The van der Waals surface area contributed by atoms with Crippen molar-refractivity contribution in [2.45, 2.75) is 90.9 Å². The number of hydrogen-bond donors (Lipinski definition) is 0. The monoisotopic (exact) mass is 573 g/mol. The number of hydrogen-bond acceptors (Lipinski definition) is 7. The molecule has 3 rings (SSSR count).